The van der Waals surface area contributed by atoms with Crippen molar-refractivity contribution in [3.63, 3.8) is 0 Å². The number of anilines is 1. The first-order valence-electron chi connectivity index (χ1n) is 30.8. The molecule has 0 amide bonds. The van der Waals surface area contributed by atoms with E-state index in [1.807, 2.05) is 16.4 Å². The molecule has 0 bridgehead atoms. The molecule has 0 fully saturated rings. The van der Waals surface area contributed by atoms with Crippen molar-refractivity contribution in [2.75, 3.05) is 144 Å². The van der Waals surface area contributed by atoms with Gasteiger partial charge in [0.05, 0.1) is 120 Å². The highest BCUT2D eigenvalue weighted by Gasteiger charge is 2.50. The van der Waals surface area contributed by atoms with Gasteiger partial charge in [0, 0.05) is 84.8 Å². The summed E-state index contributed by atoms with van der Waals surface area (Å²) in [6, 6.07) is 11.7. The maximum Gasteiger partial charge on any atom is 0.335 e. The molecule has 2 unspecified atom stereocenters. The lowest BCUT2D eigenvalue weighted by Gasteiger charge is -2.31. The summed E-state index contributed by atoms with van der Waals surface area (Å²) in [4.78, 5) is 15.6. The Bertz CT molecular complexity index is 4420. The van der Waals surface area contributed by atoms with E-state index in [2.05, 4.69) is 0 Å². The summed E-state index contributed by atoms with van der Waals surface area (Å²) in [5, 5.41) is 19.2. The van der Waals surface area contributed by atoms with E-state index in [-0.39, 0.29) is 146 Å². The Morgan fingerprint density at radius 1 is 0.505 bits per heavy atom. The Labute approximate surface area is 574 Å². The molecule has 7 N–H and O–H groups in total. The van der Waals surface area contributed by atoms with Crippen LogP contribution in [0.25, 0.3) is 21.5 Å². The van der Waals surface area contributed by atoms with E-state index in [0.29, 0.717) is 70.6 Å². The number of aromatic hydroxyl groups is 2. The zero-order valence-corrected chi connectivity index (χ0v) is 58.7. The molecule has 0 radical (unpaired) electrons. The molecule has 546 valence electrons. The number of benzene rings is 4. The highest BCUT2D eigenvalue weighted by atomic mass is 32.2. The van der Waals surface area contributed by atoms with Crippen LogP contribution in [-0.4, -0.2) is 235 Å². The van der Waals surface area contributed by atoms with Crippen molar-refractivity contribution in [1.29, 1.82) is 0 Å². The number of aromatic nitrogens is 1. The zero-order chi connectivity index (χ0) is 72.4. The van der Waals surface area contributed by atoms with E-state index in [9.17, 15) is 79.9 Å². The SMILES string of the molecule is COCCOCCOCCOCCC1(C)C(=CC=CC=CC=CC2=[N+](CCOC)c3ccc4c(S(=O)(=O)O)cc(S(=O)(=O)O)cc4c3C2(C)CCCS(=O)(=O)O)N(CCOCCOCCOCCOCCC(=O)On2c(O)ccc2O)c2ccc3c(S(=O)(=O)O)cc(S(=O)(=O)O)cc3c21. The molecule has 7 rings (SSSR count). The smallest absolute Gasteiger partial charge is 0.335 e. The molecule has 4 aromatic carbocycles. The van der Waals surface area contributed by atoms with E-state index in [1.165, 1.54) is 19.2 Å². The van der Waals surface area contributed by atoms with Crippen molar-refractivity contribution >= 4 is 95.2 Å². The fourth-order valence-corrected chi connectivity index (χ4v) is 14.9. The van der Waals surface area contributed by atoms with Gasteiger partial charge in [-0.2, -0.15) is 46.7 Å². The average molecular weight is 1490 g/mol. The number of hydrogen-bond donors (Lipinski definition) is 7. The first-order valence-corrected chi connectivity index (χ1v) is 38.2. The minimum absolute atomic E-state index is 0.00306. The van der Waals surface area contributed by atoms with Crippen LogP contribution in [0, 0.1) is 0 Å². The highest BCUT2D eigenvalue weighted by molar-refractivity contribution is 7.87. The van der Waals surface area contributed by atoms with Crippen LogP contribution in [-0.2, 0) is 109 Å². The second-order valence-electron chi connectivity index (χ2n) is 22.9. The second-order valence-corrected chi connectivity index (χ2v) is 30.1. The monoisotopic (exact) mass is 1490 g/mol. The van der Waals surface area contributed by atoms with Gasteiger partial charge in [-0.3, -0.25) is 22.8 Å². The van der Waals surface area contributed by atoms with Crippen LogP contribution in [0.3, 0.4) is 0 Å². The van der Waals surface area contributed by atoms with Crippen molar-refractivity contribution in [2.24, 2.45) is 0 Å². The van der Waals surface area contributed by atoms with Gasteiger partial charge >= 0.3 is 5.97 Å². The van der Waals surface area contributed by atoms with Gasteiger partial charge in [-0.1, -0.05) is 36.4 Å². The lowest BCUT2D eigenvalue weighted by Crippen LogP contribution is -2.32. The Hall–Kier alpha value is -6.63. The van der Waals surface area contributed by atoms with Gasteiger partial charge in [0.15, 0.2) is 12.3 Å². The Kier molecular flexibility index (Phi) is 28.4. The predicted octanol–water partition coefficient (Wildman–Crippen LogP) is 5.39. The Balaban J connectivity index is 1.17. The average Bonchev–Trinajstić information content (AvgIpc) is 1.60. The number of allylic oxidation sites excluding steroid dienone is 8. The summed E-state index contributed by atoms with van der Waals surface area (Å²) in [6.45, 7) is 6.78. The molecular formula is C63H82N3O28S5+. The van der Waals surface area contributed by atoms with Gasteiger partial charge < -0.3 is 62.6 Å². The third kappa shape index (κ3) is 21.2. The summed E-state index contributed by atoms with van der Waals surface area (Å²) >= 11 is 0. The standard InChI is InChI=1S/C63H81N3O28S5/c1-62(20-10-40-95(70,71)72)55(64(22-26-85-3)51-15-13-47-49(60(51)62)41-45(96(73,74)75)43-53(47)98(79,80)81)11-8-6-5-7-9-12-56-63(2,21-25-88-31-34-92-37-36-90-29-28-86-4)61-50-42-46(97(76,77)78)44-54(99(82,83)84)48(50)14-16-52(61)65(56)23-27-89-32-35-93-39-38-91-33-30-87-24-19-59(69)94-66-57(67)17-18-58(66)68/h5-9,11-18,41-44H,10,19-40H2,1-4H3,(H6-,67,68,70,71,72,73,74,75,76,77,78,79,80,81,82,83,84)/p+1. The molecule has 0 spiro atoms. The molecule has 99 heavy (non-hydrogen) atoms. The molecule has 1 aromatic heterocycles. The van der Waals surface area contributed by atoms with Crippen molar-refractivity contribution in [3.8, 4) is 11.8 Å². The zero-order valence-electron chi connectivity index (χ0n) is 54.7. The van der Waals surface area contributed by atoms with E-state index in [4.69, 9.17) is 47.5 Å². The number of ether oxygens (including phenoxy) is 9. The van der Waals surface area contributed by atoms with E-state index >= 15 is 0 Å². The number of hydrogen-bond acceptors (Lipinski definition) is 24. The Morgan fingerprint density at radius 2 is 0.980 bits per heavy atom. The summed E-state index contributed by atoms with van der Waals surface area (Å²) in [7, 11) is -21.9. The van der Waals surface area contributed by atoms with E-state index in [1.54, 1.807) is 68.7 Å². The topological polar surface area (TPSA) is 433 Å². The first kappa shape index (κ1) is 79.7. The number of carbonyl (C=O) groups excluding carboxylic acids is 1. The number of methoxy groups -OCH3 is 2. The van der Waals surface area contributed by atoms with Crippen LogP contribution in [0.15, 0.2) is 128 Å². The summed E-state index contributed by atoms with van der Waals surface area (Å²) < 4.78 is 231. The molecule has 5 aromatic rings. The lowest BCUT2D eigenvalue weighted by molar-refractivity contribution is -0.441. The molecule has 0 saturated heterocycles. The normalized spacial score (nSPS) is 17.5. The van der Waals surface area contributed by atoms with Crippen molar-refractivity contribution in [2.45, 2.75) is 69.9 Å². The van der Waals surface area contributed by atoms with Crippen LogP contribution >= 0.6 is 0 Å². The van der Waals surface area contributed by atoms with Crippen LogP contribution in [0.4, 0.5) is 11.4 Å². The number of nitrogens with zero attached hydrogens (tertiary/aromatic N) is 3. The molecule has 36 heteroatoms. The molecule has 2 aliphatic rings. The molecule has 0 aliphatic carbocycles. The van der Waals surface area contributed by atoms with Crippen LogP contribution in [0.2, 0.25) is 0 Å². The largest absolute Gasteiger partial charge is 0.492 e. The number of carbonyl (C=O) groups is 1. The lowest BCUT2D eigenvalue weighted by atomic mass is 9.74. The Morgan fingerprint density at radius 3 is 1.49 bits per heavy atom. The first-order chi connectivity index (χ1) is 46.8. The van der Waals surface area contributed by atoms with E-state index in [0.717, 1.165) is 24.3 Å². The molecule has 2 atom stereocenters. The number of rotatable bonds is 43. The summed E-state index contributed by atoms with van der Waals surface area (Å²) in [5.41, 5.74) is 0.241. The van der Waals surface area contributed by atoms with Crippen molar-refractivity contribution in [3.05, 3.63) is 120 Å². The summed E-state index contributed by atoms with van der Waals surface area (Å²) in [5.74, 6) is -2.35. The molecule has 31 nitrogen and oxygen atoms in total. The minimum atomic E-state index is -5.12. The van der Waals surface area contributed by atoms with Crippen LogP contribution in [0.1, 0.15) is 50.7 Å². The third-order valence-corrected chi connectivity index (χ3v) is 20.4. The highest BCUT2D eigenvalue weighted by Crippen LogP contribution is 2.54. The van der Waals surface area contributed by atoms with Crippen molar-refractivity contribution < 1.29 is 132 Å². The van der Waals surface area contributed by atoms with Gasteiger partial charge in [-0.05, 0) is 91.9 Å². The van der Waals surface area contributed by atoms with E-state index < -0.39 is 104 Å². The fourth-order valence-electron chi connectivity index (χ4n) is 11.7. The maximum atomic E-state index is 13.0. The summed E-state index contributed by atoms with van der Waals surface area (Å²) in [6.07, 6.45) is 11.7. The third-order valence-electron chi connectivity index (χ3n) is 16.1. The molecule has 0 saturated carbocycles. The van der Waals surface area contributed by atoms with Gasteiger partial charge in [0.25, 0.3) is 50.6 Å². The quantitative estimate of drug-likeness (QED) is 0.0111. The van der Waals surface area contributed by atoms with Gasteiger partial charge in [0.2, 0.25) is 17.4 Å². The minimum Gasteiger partial charge on any atom is -0.492 e. The van der Waals surface area contributed by atoms with Crippen LogP contribution < -0.4 is 9.74 Å². The van der Waals surface area contributed by atoms with Gasteiger partial charge in [-0.25, -0.2) is 4.79 Å². The number of fused-ring (bicyclic) bond motifs is 6. The fraction of sp³-hybridized carbons (Fsp3) is 0.460. The molecule has 3 heterocycles. The molecular weight excluding hydrogens is 1410 g/mol. The van der Waals surface area contributed by atoms with Gasteiger partial charge in [-0.15, -0.1) is 4.73 Å². The maximum absolute atomic E-state index is 13.0. The predicted molar refractivity (Wildman–Crippen MR) is 358 cm³/mol. The second kappa shape index (κ2) is 35.3. The van der Waals surface area contributed by atoms with Crippen molar-refractivity contribution in [1.82, 2.24) is 4.73 Å². The molecule has 2 aliphatic heterocycles. The van der Waals surface area contributed by atoms with Gasteiger partial charge in [0.1, 0.15) is 16.4 Å². The van der Waals surface area contributed by atoms with Crippen LogP contribution in [0.5, 0.6) is 11.8 Å².